The van der Waals surface area contributed by atoms with Gasteiger partial charge in [-0.1, -0.05) is 12.1 Å². The molecule has 2 amide bonds. The van der Waals surface area contributed by atoms with Gasteiger partial charge in [-0.3, -0.25) is 14.3 Å². The molecule has 0 aliphatic carbocycles. The SMILES string of the molecule is COc1ccc(C)cc1NC(=O)C(=O)NCC(c1cccs1)n1nc(C)cc1C. The van der Waals surface area contributed by atoms with Crippen LogP contribution < -0.4 is 15.4 Å². The molecule has 2 N–H and O–H groups in total. The maximum absolute atomic E-state index is 12.4. The number of amides is 2. The minimum atomic E-state index is -0.743. The summed E-state index contributed by atoms with van der Waals surface area (Å²) in [6.07, 6.45) is 0. The van der Waals surface area contributed by atoms with E-state index in [9.17, 15) is 9.59 Å². The molecule has 152 valence electrons. The predicted molar refractivity (Wildman–Crippen MR) is 114 cm³/mol. The zero-order valence-electron chi connectivity index (χ0n) is 16.9. The van der Waals surface area contributed by atoms with Crippen LogP contribution >= 0.6 is 11.3 Å². The molecule has 3 rings (SSSR count). The number of hydrogen-bond acceptors (Lipinski definition) is 5. The van der Waals surface area contributed by atoms with Crippen LogP contribution in [0, 0.1) is 20.8 Å². The van der Waals surface area contributed by atoms with Crippen molar-refractivity contribution >= 4 is 28.8 Å². The van der Waals surface area contributed by atoms with Crippen LogP contribution in [-0.4, -0.2) is 35.2 Å². The third-order valence-electron chi connectivity index (χ3n) is 4.48. The summed E-state index contributed by atoms with van der Waals surface area (Å²) in [6.45, 7) is 6.05. The molecule has 0 saturated heterocycles. The van der Waals surface area contributed by atoms with Crippen molar-refractivity contribution in [2.45, 2.75) is 26.8 Å². The standard InChI is InChI=1S/C21H24N4O3S/c1-13-7-8-18(28-4)16(10-13)23-21(27)20(26)22-12-17(19-6-5-9-29-19)25-15(3)11-14(2)24-25/h5-11,17H,12H2,1-4H3,(H,22,26)(H,23,27). The molecule has 1 aromatic carbocycles. The number of hydrogen-bond donors (Lipinski definition) is 2. The number of thiophene rings is 1. The van der Waals surface area contributed by atoms with Crippen molar-refractivity contribution in [1.82, 2.24) is 15.1 Å². The van der Waals surface area contributed by atoms with Gasteiger partial charge in [0.05, 0.1) is 18.5 Å². The summed E-state index contributed by atoms with van der Waals surface area (Å²) < 4.78 is 7.12. The minimum Gasteiger partial charge on any atom is -0.495 e. The molecule has 2 heterocycles. The number of ether oxygens (including phenoxy) is 1. The molecule has 0 saturated carbocycles. The lowest BCUT2D eigenvalue weighted by Gasteiger charge is -2.19. The summed E-state index contributed by atoms with van der Waals surface area (Å²) in [5, 5.41) is 11.9. The van der Waals surface area contributed by atoms with Gasteiger partial charge in [-0.2, -0.15) is 5.10 Å². The highest BCUT2D eigenvalue weighted by Gasteiger charge is 2.22. The summed E-state index contributed by atoms with van der Waals surface area (Å²) in [6, 6.07) is 11.1. The van der Waals surface area contributed by atoms with E-state index in [-0.39, 0.29) is 12.6 Å². The molecule has 1 unspecified atom stereocenters. The quantitative estimate of drug-likeness (QED) is 0.609. The Morgan fingerprint density at radius 3 is 2.59 bits per heavy atom. The van der Waals surface area contributed by atoms with E-state index in [0.717, 1.165) is 21.8 Å². The Labute approximate surface area is 173 Å². The molecule has 0 radical (unpaired) electrons. The van der Waals surface area contributed by atoms with Crippen LogP contribution in [0.25, 0.3) is 0 Å². The van der Waals surface area contributed by atoms with Crippen LogP contribution in [0.5, 0.6) is 5.75 Å². The third kappa shape index (κ3) is 4.83. The Hall–Kier alpha value is -3.13. The largest absolute Gasteiger partial charge is 0.495 e. The Balaban J connectivity index is 1.71. The van der Waals surface area contributed by atoms with Gasteiger partial charge in [-0.05, 0) is 56.0 Å². The number of benzene rings is 1. The number of methoxy groups -OCH3 is 1. The van der Waals surface area contributed by atoms with Crippen molar-refractivity contribution in [3.05, 3.63) is 63.6 Å². The van der Waals surface area contributed by atoms with Crippen molar-refractivity contribution in [3.8, 4) is 5.75 Å². The van der Waals surface area contributed by atoms with E-state index in [1.807, 2.05) is 55.1 Å². The molecule has 0 fully saturated rings. The lowest BCUT2D eigenvalue weighted by molar-refractivity contribution is -0.136. The van der Waals surface area contributed by atoms with Gasteiger partial charge in [0.25, 0.3) is 0 Å². The Kier molecular flexibility index (Phi) is 6.33. The van der Waals surface area contributed by atoms with Gasteiger partial charge < -0.3 is 15.4 Å². The monoisotopic (exact) mass is 412 g/mol. The fraction of sp³-hybridized carbons (Fsp3) is 0.286. The van der Waals surface area contributed by atoms with Crippen molar-refractivity contribution in [1.29, 1.82) is 0 Å². The number of nitrogens with zero attached hydrogens (tertiary/aromatic N) is 2. The van der Waals surface area contributed by atoms with Gasteiger partial charge in [0, 0.05) is 17.1 Å². The second-order valence-corrected chi connectivity index (χ2v) is 7.75. The number of nitrogens with one attached hydrogen (secondary N) is 2. The molecule has 0 bridgehead atoms. The number of carbonyl (C=O) groups is 2. The average Bonchev–Trinajstić information content (AvgIpc) is 3.32. The van der Waals surface area contributed by atoms with Crippen LogP contribution in [0.1, 0.15) is 27.9 Å². The number of anilines is 1. The van der Waals surface area contributed by atoms with Crippen molar-refractivity contribution in [3.63, 3.8) is 0 Å². The smallest absolute Gasteiger partial charge is 0.313 e. The normalized spacial score (nSPS) is 11.7. The van der Waals surface area contributed by atoms with E-state index in [0.29, 0.717) is 11.4 Å². The summed E-state index contributed by atoms with van der Waals surface area (Å²) >= 11 is 1.58. The number of aryl methyl sites for hydroxylation is 3. The molecule has 8 heteroatoms. The summed E-state index contributed by atoms with van der Waals surface area (Å²) in [5.41, 5.74) is 3.30. The lowest BCUT2D eigenvalue weighted by atomic mass is 10.2. The zero-order valence-corrected chi connectivity index (χ0v) is 17.7. The van der Waals surface area contributed by atoms with Gasteiger partial charge in [0.2, 0.25) is 0 Å². The first-order valence-electron chi connectivity index (χ1n) is 9.19. The zero-order chi connectivity index (χ0) is 21.0. The highest BCUT2D eigenvalue weighted by Crippen LogP contribution is 2.26. The first-order chi connectivity index (χ1) is 13.9. The molecular formula is C21H24N4O3S. The summed E-state index contributed by atoms with van der Waals surface area (Å²) in [4.78, 5) is 25.9. The maximum atomic E-state index is 12.4. The predicted octanol–water partition coefficient (Wildman–Crippen LogP) is 3.22. The van der Waals surface area contributed by atoms with E-state index < -0.39 is 11.8 Å². The third-order valence-corrected chi connectivity index (χ3v) is 5.45. The van der Waals surface area contributed by atoms with Gasteiger partial charge in [0.1, 0.15) is 11.8 Å². The Morgan fingerprint density at radius 1 is 1.17 bits per heavy atom. The van der Waals surface area contributed by atoms with Crippen molar-refractivity contribution in [2.24, 2.45) is 0 Å². The number of rotatable bonds is 6. The second-order valence-electron chi connectivity index (χ2n) is 6.77. The molecule has 3 aromatic rings. The molecular weight excluding hydrogens is 388 g/mol. The molecule has 0 aliphatic rings. The van der Waals surface area contributed by atoms with E-state index in [2.05, 4.69) is 15.7 Å². The summed E-state index contributed by atoms with van der Waals surface area (Å²) in [5.74, 6) is -0.959. The van der Waals surface area contributed by atoms with Crippen LogP contribution in [0.3, 0.4) is 0 Å². The topological polar surface area (TPSA) is 85.2 Å². The molecule has 29 heavy (non-hydrogen) atoms. The van der Waals surface area contributed by atoms with E-state index in [1.165, 1.54) is 7.11 Å². The number of carbonyl (C=O) groups excluding carboxylic acids is 2. The van der Waals surface area contributed by atoms with Gasteiger partial charge in [-0.15, -0.1) is 11.3 Å². The van der Waals surface area contributed by atoms with Crippen LogP contribution in [-0.2, 0) is 9.59 Å². The first-order valence-corrected chi connectivity index (χ1v) is 10.1. The fourth-order valence-corrected chi connectivity index (χ4v) is 3.93. The van der Waals surface area contributed by atoms with Crippen molar-refractivity contribution < 1.29 is 14.3 Å². The fourth-order valence-electron chi connectivity index (χ4n) is 3.12. The molecule has 7 nitrogen and oxygen atoms in total. The van der Waals surface area contributed by atoms with E-state index in [4.69, 9.17) is 4.74 Å². The molecule has 1 atom stereocenters. The molecule has 0 spiro atoms. The highest BCUT2D eigenvalue weighted by molar-refractivity contribution is 7.10. The maximum Gasteiger partial charge on any atom is 0.313 e. The molecule has 0 aliphatic heterocycles. The van der Waals surface area contributed by atoms with Gasteiger partial charge in [0.15, 0.2) is 0 Å². The van der Waals surface area contributed by atoms with Gasteiger partial charge >= 0.3 is 11.8 Å². The highest BCUT2D eigenvalue weighted by atomic mass is 32.1. The summed E-state index contributed by atoms with van der Waals surface area (Å²) in [7, 11) is 1.51. The first kappa shape index (κ1) is 20.6. The Morgan fingerprint density at radius 2 is 1.97 bits per heavy atom. The van der Waals surface area contributed by atoms with Gasteiger partial charge in [-0.25, -0.2) is 0 Å². The van der Waals surface area contributed by atoms with E-state index in [1.54, 1.807) is 23.5 Å². The van der Waals surface area contributed by atoms with E-state index >= 15 is 0 Å². The Bertz CT molecular complexity index is 1010. The van der Waals surface area contributed by atoms with Crippen molar-refractivity contribution in [2.75, 3.05) is 19.0 Å². The average molecular weight is 413 g/mol. The lowest BCUT2D eigenvalue weighted by Crippen LogP contribution is -2.39. The number of aromatic nitrogens is 2. The second kappa shape index (κ2) is 8.91. The van der Waals surface area contributed by atoms with Crippen LogP contribution in [0.4, 0.5) is 5.69 Å². The minimum absolute atomic E-state index is 0.186. The van der Waals surface area contributed by atoms with Crippen LogP contribution in [0.15, 0.2) is 41.8 Å². The molecule has 2 aromatic heterocycles. The van der Waals surface area contributed by atoms with Crippen LogP contribution in [0.2, 0.25) is 0 Å².